The molecule has 0 bridgehead atoms. The van der Waals surface area contributed by atoms with E-state index in [1.165, 1.54) is 28.9 Å². The monoisotopic (exact) mass is 460 g/mol. The molecule has 3 heterocycles. The maximum absolute atomic E-state index is 13.5. The first kappa shape index (κ1) is 23.5. The van der Waals surface area contributed by atoms with E-state index in [0.717, 1.165) is 25.9 Å². The van der Waals surface area contributed by atoms with Crippen molar-refractivity contribution in [1.29, 1.82) is 0 Å². The Bertz CT molecular complexity index is 907. The predicted octanol–water partition coefficient (Wildman–Crippen LogP) is 3.79. The lowest BCUT2D eigenvalue weighted by Crippen LogP contribution is -2.40. The third kappa shape index (κ3) is 5.38. The number of nitrogens with one attached hydrogen (secondary N) is 1. The molecule has 4 rings (SSSR count). The molecular weight excluding hydrogens is 436 g/mol. The molecule has 170 valence electrons. The summed E-state index contributed by atoms with van der Waals surface area (Å²) in [5.41, 5.74) is 0.330. The highest BCUT2D eigenvalue weighted by Gasteiger charge is 2.41. The third-order valence-electron chi connectivity index (χ3n) is 5.87. The standard InChI is InChI=1S/C21H24F4N4O.ClH/c22-16-5-3-14(4-6-16)12-29-18-13-28(19(30)10-15-2-1-8-26-11-15)9-7-17(18)20(27-29)21(23,24)25;/h3-6,15,26H,1-2,7-13H2;1H. The highest BCUT2D eigenvalue weighted by molar-refractivity contribution is 5.85. The molecule has 31 heavy (non-hydrogen) atoms. The van der Waals surface area contributed by atoms with Crippen LogP contribution in [0.15, 0.2) is 24.3 Å². The van der Waals surface area contributed by atoms with Gasteiger partial charge in [0.25, 0.3) is 0 Å². The van der Waals surface area contributed by atoms with Gasteiger partial charge in [0.2, 0.25) is 5.91 Å². The van der Waals surface area contributed by atoms with Gasteiger partial charge in [-0.15, -0.1) is 12.4 Å². The zero-order chi connectivity index (χ0) is 21.3. The highest BCUT2D eigenvalue weighted by Crippen LogP contribution is 2.35. The van der Waals surface area contributed by atoms with Gasteiger partial charge in [-0.2, -0.15) is 18.3 Å². The van der Waals surface area contributed by atoms with Gasteiger partial charge in [-0.3, -0.25) is 9.48 Å². The molecular formula is C21H25ClF4N4O. The van der Waals surface area contributed by atoms with E-state index < -0.39 is 17.7 Å². The average molecular weight is 461 g/mol. The Morgan fingerprint density at radius 2 is 1.97 bits per heavy atom. The number of carbonyl (C=O) groups excluding carboxylic acids is 1. The Balaban J connectivity index is 0.00000272. The van der Waals surface area contributed by atoms with Crippen LogP contribution < -0.4 is 5.32 Å². The van der Waals surface area contributed by atoms with Crippen molar-refractivity contribution in [1.82, 2.24) is 20.0 Å². The predicted molar refractivity (Wildman–Crippen MR) is 109 cm³/mol. The average Bonchev–Trinajstić information content (AvgIpc) is 3.08. The largest absolute Gasteiger partial charge is 0.435 e. The zero-order valence-electron chi connectivity index (χ0n) is 16.9. The van der Waals surface area contributed by atoms with Crippen LogP contribution in [0, 0.1) is 11.7 Å². The van der Waals surface area contributed by atoms with Gasteiger partial charge in [-0.25, -0.2) is 4.39 Å². The molecule has 5 nitrogen and oxygen atoms in total. The van der Waals surface area contributed by atoms with Crippen LogP contribution in [0.4, 0.5) is 17.6 Å². The minimum absolute atomic E-state index is 0. The van der Waals surface area contributed by atoms with Crippen molar-refractivity contribution in [2.24, 2.45) is 5.92 Å². The van der Waals surface area contributed by atoms with E-state index in [9.17, 15) is 22.4 Å². The van der Waals surface area contributed by atoms with E-state index in [1.807, 2.05) is 0 Å². The summed E-state index contributed by atoms with van der Waals surface area (Å²) in [6.45, 7) is 2.22. The van der Waals surface area contributed by atoms with E-state index in [0.29, 0.717) is 17.7 Å². The van der Waals surface area contributed by atoms with Crippen molar-refractivity contribution in [3.05, 3.63) is 52.6 Å². The Morgan fingerprint density at radius 3 is 2.61 bits per heavy atom. The number of fused-ring (bicyclic) bond motifs is 1. The van der Waals surface area contributed by atoms with Gasteiger partial charge in [-0.1, -0.05) is 12.1 Å². The summed E-state index contributed by atoms with van der Waals surface area (Å²) in [5, 5.41) is 7.12. The molecule has 1 aromatic heterocycles. The molecule has 0 aliphatic carbocycles. The molecule has 2 aliphatic rings. The molecule has 2 aliphatic heterocycles. The van der Waals surface area contributed by atoms with Gasteiger partial charge in [0.15, 0.2) is 5.69 Å². The second-order valence-electron chi connectivity index (χ2n) is 8.04. The molecule has 1 amide bonds. The smallest absolute Gasteiger partial charge is 0.336 e. The second-order valence-corrected chi connectivity index (χ2v) is 8.04. The number of nitrogens with zero attached hydrogens (tertiary/aromatic N) is 3. The summed E-state index contributed by atoms with van der Waals surface area (Å²) in [5.74, 6) is -0.175. The number of aromatic nitrogens is 2. The van der Waals surface area contributed by atoms with Crippen molar-refractivity contribution in [2.75, 3.05) is 19.6 Å². The number of amides is 1. The van der Waals surface area contributed by atoms with E-state index in [1.54, 1.807) is 4.90 Å². The van der Waals surface area contributed by atoms with E-state index in [-0.39, 0.29) is 55.9 Å². The molecule has 1 fully saturated rings. The number of hydrogen-bond donors (Lipinski definition) is 1. The first-order valence-electron chi connectivity index (χ1n) is 10.2. The Morgan fingerprint density at radius 1 is 1.23 bits per heavy atom. The fraction of sp³-hybridized carbons (Fsp3) is 0.524. The first-order chi connectivity index (χ1) is 14.3. The summed E-state index contributed by atoms with van der Waals surface area (Å²) in [6, 6.07) is 5.59. The van der Waals surface area contributed by atoms with Crippen LogP contribution in [0.5, 0.6) is 0 Å². The minimum Gasteiger partial charge on any atom is -0.336 e. The summed E-state index contributed by atoms with van der Waals surface area (Å²) < 4.78 is 55.1. The number of alkyl halides is 3. The molecule has 1 saturated heterocycles. The van der Waals surface area contributed by atoms with Crippen LogP contribution in [0.2, 0.25) is 0 Å². The fourth-order valence-electron chi connectivity index (χ4n) is 4.29. The lowest BCUT2D eigenvalue weighted by atomic mass is 9.95. The van der Waals surface area contributed by atoms with Crippen LogP contribution in [-0.4, -0.2) is 40.2 Å². The van der Waals surface area contributed by atoms with Crippen molar-refractivity contribution in [3.63, 3.8) is 0 Å². The summed E-state index contributed by atoms with van der Waals surface area (Å²) in [7, 11) is 0. The molecule has 0 saturated carbocycles. The van der Waals surface area contributed by atoms with Crippen LogP contribution in [0.25, 0.3) is 0 Å². The summed E-state index contributed by atoms with van der Waals surface area (Å²) in [6.07, 6.45) is -2.01. The maximum Gasteiger partial charge on any atom is 0.435 e. The molecule has 2 aromatic rings. The lowest BCUT2D eigenvalue weighted by Gasteiger charge is -2.30. The Hall–Kier alpha value is -2.13. The van der Waals surface area contributed by atoms with Crippen LogP contribution >= 0.6 is 12.4 Å². The van der Waals surface area contributed by atoms with Crippen molar-refractivity contribution in [3.8, 4) is 0 Å². The molecule has 1 atom stereocenters. The second kappa shape index (κ2) is 9.56. The molecule has 0 spiro atoms. The molecule has 1 aromatic carbocycles. The van der Waals surface area contributed by atoms with E-state index in [2.05, 4.69) is 10.4 Å². The minimum atomic E-state index is -4.56. The van der Waals surface area contributed by atoms with Crippen LogP contribution in [0.1, 0.15) is 41.8 Å². The van der Waals surface area contributed by atoms with Crippen molar-refractivity contribution < 1.29 is 22.4 Å². The molecule has 10 heteroatoms. The number of rotatable bonds is 4. The lowest BCUT2D eigenvalue weighted by molar-refractivity contribution is -0.142. The van der Waals surface area contributed by atoms with Gasteiger partial charge in [0, 0.05) is 18.5 Å². The van der Waals surface area contributed by atoms with Gasteiger partial charge in [0.1, 0.15) is 5.82 Å². The van der Waals surface area contributed by atoms with Crippen LogP contribution in [-0.2, 0) is 30.5 Å². The van der Waals surface area contributed by atoms with Gasteiger partial charge < -0.3 is 10.2 Å². The molecule has 1 N–H and O–H groups in total. The number of carbonyl (C=O) groups is 1. The van der Waals surface area contributed by atoms with Gasteiger partial charge in [0.05, 0.1) is 18.8 Å². The van der Waals surface area contributed by atoms with Crippen molar-refractivity contribution in [2.45, 2.75) is 44.9 Å². The molecule has 1 unspecified atom stereocenters. The zero-order valence-corrected chi connectivity index (χ0v) is 17.7. The Kier molecular flexibility index (Phi) is 7.26. The highest BCUT2D eigenvalue weighted by atomic mass is 35.5. The number of hydrogen-bond acceptors (Lipinski definition) is 3. The topological polar surface area (TPSA) is 50.2 Å². The summed E-state index contributed by atoms with van der Waals surface area (Å²) >= 11 is 0. The third-order valence-corrected chi connectivity index (χ3v) is 5.87. The number of benzene rings is 1. The quantitative estimate of drug-likeness (QED) is 0.706. The number of piperidine rings is 1. The van der Waals surface area contributed by atoms with Crippen LogP contribution in [0.3, 0.4) is 0 Å². The number of halogens is 5. The fourth-order valence-corrected chi connectivity index (χ4v) is 4.29. The van der Waals surface area contributed by atoms with E-state index in [4.69, 9.17) is 0 Å². The maximum atomic E-state index is 13.5. The first-order valence-corrected chi connectivity index (χ1v) is 10.2. The van der Waals surface area contributed by atoms with Crippen molar-refractivity contribution >= 4 is 18.3 Å². The van der Waals surface area contributed by atoms with Gasteiger partial charge in [-0.05, 0) is 56.0 Å². The summed E-state index contributed by atoms with van der Waals surface area (Å²) in [4.78, 5) is 14.4. The van der Waals surface area contributed by atoms with Gasteiger partial charge >= 0.3 is 6.18 Å². The molecule has 0 radical (unpaired) electrons. The SMILES string of the molecule is Cl.O=C(CC1CCCNC1)N1CCc2c(C(F)(F)F)nn(Cc3ccc(F)cc3)c2C1. The normalized spacial score (nSPS) is 19.0. The Labute approximate surface area is 184 Å². The van der Waals surface area contributed by atoms with E-state index >= 15 is 0 Å².